The van der Waals surface area contributed by atoms with Crippen molar-refractivity contribution in [2.75, 3.05) is 172 Å². The topological polar surface area (TPSA) is 244 Å². The number of aliphatic hydroxyl groups excluding tert-OH is 1. The number of rotatable bonds is 41. The third kappa shape index (κ3) is 19.8. The molecule has 3 aliphatic heterocycles. The highest BCUT2D eigenvalue weighted by Crippen LogP contribution is 2.40. The van der Waals surface area contributed by atoms with Gasteiger partial charge in [0.1, 0.15) is 24.1 Å². The van der Waals surface area contributed by atoms with Crippen LogP contribution in [0.1, 0.15) is 98.7 Å². The number of cyclic esters (lactones) is 1. The second kappa shape index (κ2) is 35.2. The van der Waals surface area contributed by atoms with Crippen LogP contribution in [0.4, 0.5) is 28.2 Å². The van der Waals surface area contributed by atoms with Crippen molar-refractivity contribution in [2.45, 2.75) is 103 Å². The molecule has 0 radical (unpaired) electrons. The number of aromatic nitrogens is 6. The third-order valence-corrected chi connectivity index (χ3v) is 16.0. The zero-order chi connectivity index (χ0) is 59.6. The third-order valence-electron chi connectivity index (χ3n) is 16.0. The van der Waals surface area contributed by atoms with Crippen molar-refractivity contribution in [1.82, 2.24) is 39.3 Å². The first-order valence-electron chi connectivity index (χ1n) is 31.3. The molecule has 7 heterocycles. The van der Waals surface area contributed by atoms with E-state index < -0.39 is 6.09 Å². The summed E-state index contributed by atoms with van der Waals surface area (Å²) in [5.74, 6) is 3.54. The van der Waals surface area contributed by atoms with Crippen LogP contribution in [0.2, 0.25) is 0 Å². The highest BCUT2D eigenvalue weighted by molar-refractivity contribution is 5.89. The van der Waals surface area contributed by atoms with E-state index in [0.29, 0.717) is 136 Å². The molecular weight excluding hydrogens is 1100 g/mol. The summed E-state index contributed by atoms with van der Waals surface area (Å²) in [6, 6.07) is 15.1. The molecule has 4 N–H and O–H groups in total. The quantitative estimate of drug-likeness (QED) is 0.0338. The molecule has 4 aromatic heterocycles. The van der Waals surface area contributed by atoms with Gasteiger partial charge in [-0.1, -0.05) is 50.1 Å². The van der Waals surface area contributed by atoms with Crippen LogP contribution in [0.3, 0.4) is 0 Å². The Kier molecular flexibility index (Phi) is 26.4. The van der Waals surface area contributed by atoms with Crippen molar-refractivity contribution in [1.29, 1.82) is 0 Å². The van der Waals surface area contributed by atoms with Gasteiger partial charge in [0.2, 0.25) is 5.95 Å². The van der Waals surface area contributed by atoms with Crippen LogP contribution < -0.4 is 31.3 Å². The van der Waals surface area contributed by atoms with Gasteiger partial charge in [-0.2, -0.15) is 14.6 Å². The van der Waals surface area contributed by atoms with E-state index in [1.165, 1.54) is 29.7 Å². The fraction of sp³-hybridized carbons (Fsp3) is 0.645. The van der Waals surface area contributed by atoms with E-state index in [-0.39, 0.29) is 44.0 Å². The number of carbonyl (C=O) groups is 1. The number of pyridine rings is 1. The highest BCUT2D eigenvalue weighted by atomic mass is 16.6. The van der Waals surface area contributed by atoms with Gasteiger partial charge in [0, 0.05) is 94.6 Å². The van der Waals surface area contributed by atoms with Gasteiger partial charge in [0.05, 0.1) is 130 Å². The Hall–Kier alpha value is -5.90. The molecule has 5 aromatic rings. The number of ether oxygens (including phenoxy) is 9. The fourth-order valence-corrected chi connectivity index (χ4v) is 11.0. The number of fused-ring (bicyclic) bond motifs is 2. The fourth-order valence-electron chi connectivity index (χ4n) is 11.0. The summed E-state index contributed by atoms with van der Waals surface area (Å²) >= 11 is 0. The van der Waals surface area contributed by atoms with Gasteiger partial charge in [0.25, 0.3) is 5.56 Å². The summed E-state index contributed by atoms with van der Waals surface area (Å²) in [5, 5.41) is 24.9. The average molecular weight is 1200 g/mol. The predicted molar refractivity (Wildman–Crippen MR) is 326 cm³/mol. The predicted octanol–water partition coefficient (Wildman–Crippen LogP) is 5.81. The smallest absolute Gasteiger partial charge is 0.415 e. The minimum absolute atomic E-state index is 0.0443. The van der Waals surface area contributed by atoms with Gasteiger partial charge in [-0.3, -0.25) is 14.6 Å². The number of nitrogens with one attached hydrogen (secondary N) is 3. The second-order valence-electron chi connectivity index (χ2n) is 22.2. The first-order valence-corrected chi connectivity index (χ1v) is 31.3. The maximum atomic E-state index is 12.8. The summed E-state index contributed by atoms with van der Waals surface area (Å²) in [6.45, 7) is 17.4. The van der Waals surface area contributed by atoms with Crippen LogP contribution in [0.5, 0.6) is 0 Å². The Morgan fingerprint density at radius 3 is 1.99 bits per heavy atom. The summed E-state index contributed by atoms with van der Waals surface area (Å²) in [4.78, 5) is 46.4. The zero-order valence-electron chi connectivity index (χ0n) is 50.6. The minimum atomic E-state index is -0.465. The molecule has 4 aliphatic rings. The van der Waals surface area contributed by atoms with E-state index in [1.807, 2.05) is 29.0 Å². The summed E-state index contributed by atoms with van der Waals surface area (Å²) < 4.78 is 54.2. The van der Waals surface area contributed by atoms with Crippen molar-refractivity contribution >= 4 is 35.1 Å². The molecule has 86 heavy (non-hydrogen) atoms. The van der Waals surface area contributed by atoms with Crippen LogP contribution in [0, 0.1) is 5.92 Å². The second-order valence-corrected chi connectivity index (χ2v) is 22.2. The molecule has 0 spiro atoms. The molecule has 3 fully saturated rings. The van der Waals surface area contributed by atoms with E-state index in [1.54, 1.807) is 16.8 Å². The number of piperazine rings is 1. The lowest BCUT2D eigenvalue weighted by atomic mass is 9.96. The Labute approximate surface area is 505 Å². The number of aliphatic hydroxyl groups is 1. The molecule has 2 saturated heterocycles. The zero-order valence-corrected chi connectivity index (χ0v) is 50.6. The molecule has 472 valence electrons. The van der Waals surface area contributed by atoms with Crippen molar-refractivity contribution in [2.24, 2.45) is 5.92 Å². The van der Waals surface area contributed by atoms with Crippen LogP contribution in [-0.4, -0.2) is 203 Å². The van der Waals surface area contributed by atoms with E-state index in [4.69, 9.17) is 52.6 Å². The summed E-state index contributed by atoms with van der Waals surface area (Å²) in [7, 11) is 0. The summed E-state index contributed by atoms with van der Waals surface area (Å²) in [5.41, 5.74) is 6.02. The minimum Gasteiger partial charge on any atom is -0.444 e. The van der Waals surface area contributed by atoms with E-state index in [9.17, 15) is 14.7 Å². The molecule has 0 unspecified atom stereocenters. The SMILES string of the molecule is CCc1cnn2c(NCc3ccc(=O)n(CCOCCOCCOCCOCCOCCOCCOCCOCCN4C(=O)OCc5cnc(N[C@@H](C)c6ccc([C@H](CC7CC7)N7CCNCC7)cc6)nc54)c3)cc(N3CCCC[C@H]3CCO)nc12. The number of amides is 1. The normalized spacial score (nSPS) is 17.2. The van der Waals surface area contributed by atoms with Crippen LogP contribution in [-0.2, 0) is 68.7 Å². The maximum absolute atomic E-state index is 12.8. The van der Waals surface area contributed by atoms with Gasteiger partial charge in [-0.05, 0) is 68.1 Å². The molecule has 3 atom stereocenters. The van der Waals surface area contributed by atoms with Crippen molar-refractivity contribution in [3.8, 4) is 0 Å². The molecule has 1 aromatic carbocycles. The Balaban J connectivity index is 0.539. The monoisotopic (exact) mass is 1200 g/mol. The van der Waals surface area contributed by atoms with E-state index in [0.717, 1.165) is 104 Å². The molecule has 24 heteroatoms. The molecule has 0 bridgehead atoms. The molecule has 9 rings (SSSR count). The molecular formula is C62H92N12O12. The van der Waals surface area contributed by atoms with Gasteiger partial charge in [-0.25, -0.2) is 14.8 Å². The van der Waals surface area contributed by atoms with Gasteiger partial charge >= 0.3 is 6.09 Å². The van der Waals surface area contributed by atoms with E-state index in [2.05, 4.69) is 73.9 Å². The largest absolute Gasteiger partial charge is 0.444 e. The molecule has 1 aliphatic carbocycles. The standard InChI is InChI=1S/C62H92N12O12/c1-3-50-44-66-74-56(41-57(68-60(50)74)72-18-5-4-6-54(72)15-23-75)64-42-49-9-14-58(76)71(45-49)21-24-78-26-28-80-30-32-82-34-36-84-38-39-85-37-35-83-33-31-81-29-27-79-25-22-73-59-53(46-86-62(73)77)43-65-61(69-59)67-47(2)51-10-12-52(13-11-51)55(40-48-7-8-48)70-19-16-63-17-20-70/h9-14,41,43-45,47-48,54-55,63-64,75H,3-8,15-40,42,46H2,1-2H3,(H,65,67,69)/t47-,54-,55-/m0/s1. The average Bonchev–Trinajstić information content (AvgIpc) is 2.81. The Morgan fingerprint density at radius 2 is 1.36 bits per heavy atom. The van der Waals surface area contributed by atoms with E-state index >= 15 is 0 Å². The lowest BCUT2D eigenvalue weighted by Crippen LogP contribution is -2.45. The number of hydrogen-bond acceptors (Lipinski definition) is 21. The number of aryl methyl sites for hydroxylation is 1. The van der Waals surface area contributed by atoms with Crippen LogP contribution in [0.15, 0.2) is 65.8 Å². The number of carbonyl (C=O) groups excluding carboxylic acids is 1. The lowest BCUT2D eigenvalue weighted by molar-refractivity contribution is -0.0231. The number of piperidine rings is 1. The molecule has 1 amide bonds. The van der Waals surface area contributed by atoms with Gasteiger partial charge < -0.3 is 73.2 Å². The number of benzene rings is 1. The summed E-state index contributed by atoms with van der Waals surface area (Å²) in [6.07, 6.45) is 13.7. The Morgan fingerprint density at radius 1 is 0.733 bits per heavy atom. The molecule has 1 saturated carbocycles. The lowest BCUT2D eigenvalue weighted by Gasteiger charge is -2.36. The van der Waals surface area contributed by atoms with Gasteiger partial charge in [-0.15, -0.1) is 0 Å². The van der Waals surface area contributed by atoms with Crippen molar-refractivity contribution < 1.29 is 52.5 Å². The first-order chi connectivity index (χ1) is 42.3. The van der Waals surface area contributed by atoms with Crippen LogP contribution >= 0.6 is 0 Å². The maximum Gasteiger partial charge on any atom is 0.415 e. The first kappa shape index (κ1) is 64.6. The highest BCUT2D eigenvalue weighted by Gasteiger charge is 2.32. The Bertz CT molecular complexity index is 2850. The van der Waals surface area contributed by atoms with Crippen molar-refractivity contribution in [3.05, 3.63) is 99.2 Å². The number of nitrogens with zero attached hydrogens (tertiary/aromatic N) is 9. The molecule has 24 nitrogen and oxygen atoms in total. The van der Waals surface area contributed by atoms with Crippen molar-refractivity contribution in [3.63, 3.8) is 0 Å². The number of hydrogen-bond donors (Lipinski definition) is 4. The van der Waals surface area contributed by atoms with Crippen LogP contribution in [0.25, 0.3) is 5.65 Å². The van der Waals surface area contributed by atoms with Gasteiger partial charge in [0.15, 0.2) is 5.65 Å². The number of anilines is 4.